The largest absolute Gasteiger partial charge is 1.00 e. The van der Waals surface area contributed by atoms with Crippen LogP contribution in [-0.4, -0.2) is 13.1 Å². The maximum atomic E-state index is 11.5. The summed E-state index contributed by atoms with van der Waals surface area (Å²) >= 11 is 4.11. The van der Waals surface area contributed by atoms with Gasteiger partial charge in [-0.05, 0) is 13.7 Å². The van der Waals surface area contributed by atoms with Gasteiger partial charge in [0.05, 0.1) is 18.6 Å². The number of hydrogen-bond acceptors (Lipinski definition) is 4. The third-order valence-electron chi connectivity index (χ3n) is 0.315. The Morgan fingerprint density at radius 1 is 1.60 bits per heavy atom. The van der Waals surface area contributed by atoms with Crippen LogP contribution in [0.1, 0.15) is 27.4 Å². The van der Waals surface area contributed by atoms with Crippen molar-refractivity contribution in [2.24, 2.45) is 0 Å². The first-order chi connectivity index (χ1) is 7.91. The van der Waals surface area contributed by atoms with Gasteiger partial charge in [0, 0.05) is 8.22 Å². The molecule has 0 aromatic rings. The summed E-state index contributed by atoms with van der Waals surface area (Å²) in [6, 6.07) is 0. The van der Waals surface area contributed by atoms with Crippen molar-refractivity contribution in [1.82, 2.24) is 0 Å². The van der Waals surface area contributed by atoms with E-state index >= 15 is 0 Å². The van der Waals surface area contributed by atoms with Gasteiger partial charge in [0.2, 0.25) is 0 Å². The molecule has 0 aliphatic carbocycles. The van der Waals surface area contributed by atoms with E-state index in [0.717, 1.165) is 0 Å². The molecule has 0 fully saturated rings. The molecule has 0 atom stereocenters. The molecule has 0 heterocycles. The van der Waals surface area contributed by atoms with Crippen molar-refractivity contribution >= 4 is 19.0 Å². The zero-order valence-electron chi connectivity index (χ0n) is 15.1. The van der Waals surface area contributed by atoms with Crippen LogP contribution in [0.3, 0.4) is 0 Å². The summed E-state index contributed by atoms with van der Waals surface area (Å²) in [4.78, 5) is 0. The van der Waals surface area contributed by atoms with E-state index in [1.54, 1.807) is 0 Å². The monoisotopic (exact) mass is 218 g/mol. The van der Waals surface area contributed by atoms with Crippen LogP contribution in [0, 0.1) is 0 Å². The van der Waals surface area contributed by atoms with Gasteiger partial charge in [-0.25, -0.2) is 0 Å². The van der Waals surface area contributed by atoms with Gasteiger partial charge < -0.3 is 21.3 Å². The Kier molecular flexibility index (Phi) is 2.88. The van der Waals surface area contributed by atoms with Crippen LogP contribution in [0.15, 0.2) is 0 Å². The van der Waals surface area contributed by atoms with E-state index in [-0.39, 0.29) is 51.4 Å². The average Bonchev–Trinajstić information content (AvgIpc) is 1.93. The van der Waals surface area contributed by atoms with Gasteiger partial charge in [-0.3, -0.25) is 4.57 Å². The number of hydrogen-bond donors (Lipinski definition) is 0. The molecular weight excluding hydrogens is 198 g/mol. The van der Waals surface area contributed by atoms with Gasteiger partial charge in [-0.15, -0.1) is 0 Å². The van der Waals surface area contributed by atoms with Crippen LogP contribution in [0.2, 0.25) is 0 Å². The van der Waals surface area contributed by atoms with Gasteiger partial charge in [0.25, 0.3) is 0 Å². The molecule has 0 aromatic heterocycles. The van der Waals surface area contributed by atoms with E-state index in [1.165, 1.54) is 0 Å². The number of rotatable bonds is 4. The second-order valence-electron chi connectivity index (χ2n) is 0.834. The van der Waals surface area contributed by atoms with Crippen molar-refractivity contribution in [1.29, 1.82) is 0 Å². The molecule has 0 N–H and O–H groups in total. The molecule has 0 spiro atoms. The molecule has 6 heteroatoms. The molecular formula is C4H10KO3PS. The normalized spacial score (nSPS) is 30.9. The van der Waals surface area contributed by atoms with E-state index in [9.17, 15) is 4.57 Å². The topological polar surface area (TPSA) is 35.5 Å². The molecule has 0 amide bonds. The van der Waals surface area contributed by atoms with Crippen molar-refractivity contribution in [2.45, 2.75) is 13.7 Å². The van der Waals surface area contributed by atoms with E-state index in [4.69, 9.17) is 13.7 Å². The van der Waals surface area contributed by atoms with Crippen LogP contribution >= 0.6 is 6.80 Å². The van der Waals surface area contributed by atoms with Crippen LogP contribution in [0.25, 0.3) is 0 Å². The minimum atomic E-state index is -5.02. The molecule has 0 aromatic carbocycles. The zero-order valence-corrected chi connectivity index (χ0v) is 9.91. The standard InChI is InChI=1S/C4H11O3PS.K/c1-3-6-8(5,9)7-4-2;/h3-4H2,1-2H3,(H,5,9);/q;+1/p-1/i1D3,2D3,3D2,4D2;. The molecule has 0 rings (SSSR count). The van der Waals surface area contributed by atoms with Gasteiger partial charge in [0.15, 0.2) is 6.80 Å². The summed E-state index contributed by atoms with van der Waals surface area (Å²) in [5, 5.41) is 0. The Morgan fingerprint density at radius 3 is 2.30 bits per heavy atom. The molecule has 0 saturated carbocycles. The predicted molar refractivity (Wildman–Crippen MR) is 38.2 cm³/mol. The summed E-state index contributed by atoms with van der Waals surface area (Å²) < 4.78 is 88.1. The molecule has 0 radical (unpaired) electrons. The minimum Gasteiger partial charge on any atom is -0.660 e. The molecule has 3 nitrogen and oxygen atoms in total. The summed E-state index contributed by atoms with van der Waals surface area (Å²) in [6.45, 7) is -18.7. The van der Waals surface area contributed by atoms with Crippen molar-refractivity contribution in [2.75, 3.05) is 13.1 Å². The molecule has 0 bridgehead atoms. The van der Waals surface area contributed by atoms with Crippen LogP contribution < -0.4 is 51.4 Å². The first kappa shape index (κ1) is 3.71. The fourth-order valence-corrected chi connectivity index (χ4v) is 0.615. The Hall–Kier alpha value is 2.14. The minimum absolute atomic E-state index is 0. The van der Waals surface area contributed by atoms with Crippen molar-refractivity contribution < 1.29 is 78.7 Å². The van der Waals surface area contributed by atoms with Crippen molar-refractivity contribution in [3.8, 4) is 0 Å². The third-order valence-corrected chi connectivity index (χ3v) is 1.39. The SMILES string of the molecule is [2H]C([2H])([2H])C([2H])([2H])OP(=O)([S-])OC([2H])([2H])C([2H])([2H])[2H].[K+]. The summed E-state index contributed by atoms with van der Waals surface area (Å²) in [6.07, 6.45) is 0. The Labute approximate surface area is 123 Å². The Morgan fingerprint density at radius 2 is 2.00 bits per heavy atom. The van der Waals surface area contributed by atoms with Crippen molar-refractivity contribution in [3.63, 3.8) is 0 Å². The molecule has 56 valence electrons. The molecule has 10 heavy (non-hydrogen) atoms. The predicted octanol–water partition coefficient (Wildman–Crippen LogP) is -1.28. The van der Waals surface area contributed by atoms with Crippen LogP contribution in [0.5, 0.6) is 0 Å². The van der Waals surface area contributed by atoms with E-state index in [0.29, 0.717) is 0 Å². The molecule has 0 saturated heterocycles. The van der Waals surface area contributed by atoms with E-state index in [2.05, 4.69) is 21.3 Å². The van der Waals surface area contributed by atoms with Gasteiger partial charge in [-0.1, -0.05) is 0 Å². The van der Waals surface area contributed by atoms with E-state index < -0.39 is 33.6 Å². The van der Waals surface area contributed by atoms with Gasteiger partial charge in [-0.2, -0.15) is 0 Å². The summed E-state index contributed by atoms with van der Waals surface area (Å²) in [5.74, 6) is 0. The smallest absolute Gasteiger partial charge is 0.660 e. The Balaban J connectivity index is 0. The van der Waals surface area contributed by atoms with Crippen molar-refractivity contribution in [3.05, 3.63) is 0 Å². The summed E-state index contributed by atoms with van der Waals surface area (Å²) in [5.41, 5.74) is 0. The maximum Gasteiger partial charge on any atom is 1.00 e. The Bertz CT molecular complexity index is 348. The van der Waals surface area contributed by atoms with E-state index in [1.807, 2.05) is 0 Å². The molecule has 0 aliphatic rings. The first-order valence-electron chi connectivity index (χ1n) is 6.64. The van der Waals surface area contributed by atoms with Gasteiger partial charge >= 0.3 is 51.4 Å². The second kappa shape index (κ2) is 7.77. The fourth-order valence-electron chi connectivity index (χ4n) is 0.130. The molecule has 0 aliphatic heterocycles. The summed E-state index contributed by atoms with van der Waals surface area (Å²) in [7, 11) is 0. The van der Waals surface area contributed by atoms with Crippen LogP contribution in [0.4, 0.5) is 0 Å². The average molecular weight is 218 g/mol. The second-order valence-corrected chi connectivity index (χ2v) is 3.44. The first-order valence-corrected chi connectivity index (χ1v) is 4.19. The zero-order chi connectivity index (χ0) is 15.9. The van der Waals surface area contributed by atoms with Crippen LogP contribution in [-0.2, 0) is 25.9 Å². The third kappa shape index (κ3) is 8.24. The van der Waals surface area contributed by atoms with Gasteiger partial charge in [0.1, 0.15) is 0 Å². The molecule has 0 unspecified atom stereocenters. The fraction of sp³-hybridized carbons (Fsp3) is 1.00. The maximum absolute atomic E-state index is 11.5. The quantitative estimate of drug-likeness (QED) is 0.334.